The number of hydrogen-bond donors (Lipinski definition) is 2. The second-order valence-electron chi connectivity index (χ2n) is 5.31. The van der Waals surface area contributed by atoms with E-state index in [9.17, 15) is 8.42 Å². The number of sulfonamides is 1. The molecule has 0 amide bonds. The summed E-state index contributed by atoms with van der Waals surface area (Å²) in [7, 11) is -3.02. The number of fused-ring (bicyclic) bond motifs is 2. The predicted molar refractivity (Wildman–Crippen MR) is 64.7 cm³/mol. The van der Waals surface area contributed by atoms with Crippen molar-refractivity contribution in [2.75, 3.05) is 25.9 Å². The lowest BCUT2D eigenvalue weighted by Gasteiger charge is -2.21. The molecule has 4 nitrogen and oxygen atoms in total. The van der Waals surface area contributed by atoms with Gasteiger partial charge < -0.3 is 5.32 Å². The summed E-state index contributed by atoms with van der Waals surface area (Å²) in [4.78, 5) is 0. The quantitative estimate of drug-likeness (QED) is 0.673. The molecule has 2 bridgehead atoms. The van der Waals surface area contributed by atoms with Crippen LogP contribution >= 0.6 is 0 Å². The lowest BCUT2D eigenvalue weighted by atomic mass is 9.89. The molecule has 2 N–H and O–H groups in total. The minimum atomic E-state index is -3.02. The first-order chi connectivity index (χ1) is 7.54. The second-order valence-corrected chi connectivity index (χ2v) is 7.14. The molecule has 0 heterocycles. The SMILES string of the molecule is CS(=O)(=O)NCCNCC1CC2CCC1C2. The first-order valence-corrected chi connectivity index (χ1v) is 8.09. The van der Waals surface area contributed by atoms with Crippen LogP contribution in [0.3, 0.4) is 0 Å². The molecule has 3 atom stereocenters. The third-order valence-corrected chi connectivity index (χ3v) is 4.69. The van der Waals surface area contributed by atoms with Gasteiger partial charge in [0.2, 0.25) is 10.0 Å². The Hall–Kier alpha value is -0.130. The van der Waals surface area contributed by atoms with Crippen LogP contribution in [0, 0.1) is 17.8 Å². The maximum atomic E-state index is 10.8. The fourth-order valence-corrected chi connectivity index (χ4v) is 3.71. The second kappa shape index (κ2) is 5.02. The monoisotopic (exact) mass is 246 g/mol. The van der Waals surface area contributed by atoms with Crippen molar-refractivity contribution in [2.24, 2.45) is 17.8 Å². The van der Waals surface area contributed by atoms with Crippen molar-refractivity contribution in [2.45, 2.75) is 25.7 Å². The van der Waals surface area contributed by atoms with Gasteiger partial charge in [-0.25, -0.2) is 13.1 Å². The van der Waals surface area contributed by atoms with E-state index in [4.69, 9.17) is 0 Å². The minimum absolute atomic E-state index is 0.500. The Bertz CT molecular complexity index is 329. The Morgan fingerprint density at radius 1 is 1.19 bits per heavy atom. The van der Waals surface area contributed by atoms with E-state index in [1.165, 1.54) is 31.9 Å². The van der Waals surface area contributed by atoms with Gasteiger partial charge in [0, 0.05) is 13.1 Å². The molecule has 94 valence electrons. The van der Waals surface area contributed by atoms with Crippen LogP contribution in [0.4, 0.5) is 0 Å². The summed E-state index contributed by atoms with van der Waals surface area (Å²) in [6, 6.07) is 0. The molecule has 5 heteroatoms. The van der Waals surface area contributed by atoms with E-state index in [1.54, 1.807) is 0 Å². The minimum Gasteiger partial charge on any atom is -0.315 e. The predicted octanol–water partition coefficient (Wildman–Crippen LogP) is 0.561. The Kier molecular flexibility index (Phi) is 3.87. The molecule has 0 saturated heterocycles. The summed E-state index contributed by atoms with van der Waals surface area (Å²) >= 11 is 0. The summed E-state index contributed by atoms with van der Waals surface area (Å²) in [5, 5.41) is 3.36. The fraction of sp³-hybridized carbons (Fsp3) is 1.00. The van der Waals surface area contributed by atoms with Gasteiger partial charge in [-0.05, 0) is 43.6 Å². The van der Waals surface area contributed by atoms with E-state index >= 15 is 0 Å². The van der Waals surface area contributed by atoms with E-state index in [2.05, 4.69) is 10.0 Å². The van der Waals surface area contributed by atoms with Crippen molar-refractivity contribution in [3.63, 3.8) is 0 Å². The summed E-state index contributed by atoms with van der Waals surface area (Å²) in [5.74, 6) is 2.78. The Morgan fingerprint density at radius 2 is 2.00 bits per heavy atom. The molecular weight excluding hydrogens is 224 g/mol. The van der Waals surface area contributed by atoms with Crippen molar-refractivity contribution >= 4 is 10.0 Å². The normalized spacial score (nSPS) is 33.4. The average Bonchev–Trinajstić information content (AvgIpc) is 2.76. The molecule has 0 spiro atoms. The molecule has 0 aromatic rings. The van der Waals surface area contributed by atoms with E-state index in [-0.39, 0.29) is 0 Å². The maximum absolute atomic E-state index is 10.8. The molecule has 2 rings (SSSR count). The van der Waals surface area contributed by atoms with Gasteiger partial charge >= 0.3 is 0 Å². The molecule has 2 aliphatic rings. The average molecular weight is 246 g/mol. The van der Waals surface area contributed by atoms with Crippen molar-refractivity contribution in [3.05, 3.63) is 0 Å². The molecule has 0 aromatic carbocycles. The molecular formula is C11H22N2O2S. The largest absolute Gasteiger partial charge is 0.315 e. The van der Waals surface area contributed by atoms with Crippen LogP contribution < -0.4 is 10.0 Å². The van der Waals surface area contributed by atoms with E-state index in [0.29, 0.717) is 6.54 Å². The third kappa shape index (κ3) is 3.43. The Labute approximate surface area is 98.2 Å². The van der Waals surface area contributed by atoms with E-state index in [0.717, 1.165) is 30.8 Å². The molecule has 0 radical (unpaired) electrons. The maximum Gasteiger partial charge on any atom is 0.208 e. The first-order valence-electron chi connectivity index (χ1n) is 6.20. The summed E-state index contributed by atoms with van der Waals surface area (Å²) in [6.07, 6.45) is 6.88. The van der Waals surface area contributed by atoms with Crippen LogP contribution in [-0.2, 0) is 10.0 Å². The third-order valence-electron chi connectivity index (χ3n) is 3.96. The summed E-state index contributed by atoms with van der Waals surface area (Å²) in [6.45, 7) is 2.30. The number of nitrogens with one attached hydrogen (secondary N) is 2. The van der Waals surface area contributed by atoms with Gasteiger partial charge in [-0.1, -0.05) is 6.42 Å². The molecule has 2 aliphatic carbocycles. The van der Waals surface area contributed by atoms with Gasteiger partial charge in [0.05, 0.1) is 6.26 Å². The molecule has 0 aromatic heterocycles. The highest BCUT2D eigenvalue weighted by atomic mass is 32.2. The van der Waals surface area contributed by atoms with Crippen LogP contribution in [0.15, 0.2) is 0 Å². The number of hydrogen-bond acceptors (Lipinski definition) is 3. The highest BCUT2D eigenvalue weighted by molar-refractivity contribution is 7.88. The van der Waals surface area contributed by atoms with Gasteiger partial charge in [0.25, 0.3) is 0 Å². The Morgan fingerprint density at radius 3 is 2.56 bits per heavy atom. The zero-order valence-electron chi connectivity index (χ0n) is 9.91. The van der Waals surface area contributed by atoms with Crippen LogP contribution in [0.25, 0.3) is 0 Å². The highest BCUT2D eigenvalue weighted by Crippen LogP contribution is 2.47. The highest BCUT2D eigenvalue weighted by Gasteiger charge is 2.38. The zero-order chi connectivity index (χ0) is 11.6. The van der Waals surface area contributed by atoms with Gasteiger partial charge in [0.1, 0.15) is 0 Å². The lowest BCUT2D eigenvalue weighted by molar-refractivity contribution is 0.320. The molecule has 0 aliphatic heterocycles. The van der Waals surface area contributed by atoms with Crippen LogP contribution in [0.5, 0.6) is 0 Å². The smallest absolute Gasteiger partial charge is 0.208 e. The van der Waals surface area contributed by atoms with E-state index in [1.807, 2.05) is 0 Å². The van der Waals surface area contributed by atoms with Crippen LogP contribution in [-0.4, -0.2) is 34.3 Å². The summed E-state index contributed by atoms with van der Waals surface area (Å²) < 4.78 is 24.1. The zero-order valence-corrected chi connectivity index (χ0v) is 10.7. The van der Waals surface area contributed by atoms with Crippen LogP contribution in [0.1, 0.15) is 25.7 Å². The van der Waals surface area contributed by atoms with Crippen molar-refractivity contribution in [3.8, 4) is 0 Å². The fourth-order valence-electron chi connectivity index (χ4n) is 3.24. The summed E-state index contributed by atoms with van der Waals surface area (Å²) in [5.41, 5.74) is 0. The molecule has 16 heavy (non-hydrogen) atoms. The van der Waals surface area contributed by atoms with Crippen molar-refractivity contribution < 1.29 is 8.42 Å². The van der Waals surface area contributed by atoms with Crippen molar-refractivity contribution in [1.29, 1.82) is 0 Å². The Balaban J connectivity index is 1.56. The van der Waals surface area contributed by atoms with Crippen molar-refractivity contribution in [1.82, 2.24) is 10.0 Å². The van der Waals surface area contributed by atoms with Gasteiger partial charge in [-0.3, -0.25) is 0 Å². The van der Waals surface area contributed by atoms with E-state index < -0.39 is 10.0 Å². The first kappa shape index (κ1) is 12.3. The molecule has 2 fully saturated rings. The van der Waals surface area contributed by atoms with Crippen LogP contribution in [0.2, 0.25) is 0 Å². The number of rotatable bonds is 6. The van der Waals surface area contributed by atoms with Gasteiger partial charge in [-0.2, -0.15) is 0 Å². The lowest BCUT2D eigenvalue weighted by Crippen LogP contribution is -2.34. The van der Waals surface area contributed by atoms with Gasteiger partial charge in [0.15, 0.2) is 0 Å². The molecule has 2 saturated carbocycles. The standard InChI is InChI=1S/C11H22N2O2S/c1-16(14,15)13-5-4-12-8-11-7-9-2-3-10(11)6-9/h9-13H,2-8H2,1H3. The topological polar surface area (TPSA) is 58.2 Å². The molecule has 3 unspecified atom stereocenters. The van der Waals surface area contributed by atoms with Gasteiger partial charge in [-0.15, -0.1) is 0 Å².